The molecule has 6 heavy (non-hydrogen) atoms. The van der Waals surface area contributed by atoms with Gasteiger partial charge in [0.1, 0.15) is 13.2 Å². The molecule has 0 fully saturated rings. The molecule has 36 valence electrons. The Balaban J connectivity index is 2.99. The molecule has 0 aliphatic heterocycles. The number of aliphatic hydroxyl groups excluding tert-OH is 2. The molecule has 3 heteroatoms. The van der Waals surface area contributed by atoms with E-state index in [0.29, 0.717) is 0 Å². The van der Waals surface area contributed by atoms with E-state index in [0.717, 1.165) is 0 Å². The number of carbonyl (C=O) groups excluding carboxylic acids is 1. The molecule has 0 atom stereocenters. The minimum absolute atomic E-state index is 0.546. The van der Waals surface area contributed by atoms with E-state index in [-0.39, 0.29) is 0 Å². The number of Topliss-reactive ketones (excluding diaryl/α,β-unsaturated/α-hetero) is 1. The lowest BCUT2D eigenvalue weighted by molar-refractivity contribution is -0.124. The van der Waals surface area contributed by atoms with Crippen molar-refractivity contribution in [3.05, 3.63) is 0 Å². The van der Waals surface area contributed by atoms with Crippen LogP contribution in [0.4, 0.5) is 0 Å². The molecule has 0 aromatic carbocycles. The first kappa shape index (κ1) is 5.59. The second-order valence-corrected chi connectivity index (χ2v) is 0.855. The second kappa shape index (κ2) is 2.81. The molecule has 0 rings (SSSR count). The summed E-state index contributed by atoms with van der Waals surface area (Å²) in [6.45, 7) is -1.12. The van der Waals surface area contributed by atoms with Crippen molar-refractivity contribution >= 4 is 5.78 Å². The predicted molar refractivity (Wildman–Crippen MR) is 19.2 cm³/mol. The van der Waals surface area contributed by atoms with Gasteiger partial charge in [-0.25, -0.2) is 0 Å². The minimum atomic E-state index is -0.559. The average molecular weight is 92.1 g/mol. The Hall–Kier alpha value is -0.410. The monoisotopic (exact) mass is 92.0 g/mol. The predicted octanol–water partition coefficient (Wildman–Crippen LogP) is -1.46. The summed E-state index contributed by atoms with van der Waals surface area (Å²) in [6, 6.07) is 0. The van der Waals surface area contributed by atoms with Crippen LogP contribution in [0.1, 0.15) is 0 Å². The highest BCUT2D eigenvalue weighted by Gasteiger charge is 1.89. The molecule has 0 unspecified atom stereocenters. The van der Waals surface area contributed by atoms with Crippen LogP contribution in [0.5, 0.6) is 0 Å². The molecule has 0 amide bonds. The molecule has 0 radical (unpaired) electrons. The van der Waals surface area contributed by atoms with E-state index in [9.17, 15) is 4.79 Å². The Bertz CT molecular complexity index is 44.0. The Morgan fingerprint density at radius 3 is 1.67 bits per heavy atom. The van der Waals surface area contributed by atoms with Crippen molar-refractivity contribution < 1.29 is 15.0 Å². The molecule has 0 saturated heterocycles. The first-order chi connectivity index (χ1) is 2.81. The maximum atomic E-state index is 9.68. The summed E-state index contributed by atoms with van der Waals surface area (Å²) in [4.78, 5) is 9.68. The Labute approximate surface area is 35.2 Å². The van der Waals surface area contributed by atoms with Crippen LogP contribution in [-0.4, -0.2) is 29.2 Å². The minimum Gasteiger partial charge on any atom is -0.388 e. The fraction of sp³-hybridized carbons (Fsp3) is 0.667. The van der Waals surface area contributed by atoms with E-state index in [1.807, 2.05) is 0 Å². The molecule has 2 N–H and O–H groups in total. The molecular formula is C3H6O3. The van der Waals surface area contributed by atoms with Gasteiger partial charge in [0.25, 0.3) is 0 Å². The zero-order chi connectivity index (χ0) is 4.99. The number of aliphatic hydroxyl groups is 2. The molecule has 0 bridgehead atoms. The highest BCUT2D eigenvalue weighted by atomic mass is 18.1. The van der Waals surface area contributed by atoms with Crippen LogP contribution in [-0.2, 0) is 4.79 Å². The van der Waals surface area contributed by atoms with Crippen LogP contribution >= 0.6 is 0 Å². The summed E-state index contributed by atoms with van der Waals surface area (Å²) < 4.78 is 0. The van der Waals surface area contributed by atoms with Crippen LogP contribution in [0.2, 0.25) is 0 Å². The van der Waals surface area contributed by atoms with Crippen molar-refractivity contribution in [3.8, 4) is 0 Å². The first-order valence-corrected chi connectivity index (χ1v) is 1.54. The summed E-state index contributed by atoms with van der Waals surface area (Å²) in [5.74, 6) is -0.546. The van der Waals surface area contributed by atoms with E-state index < -0.39 is 19.0 Å². The quantitative estimate of drug-likeness (QED) is 0.409. The fourth-order valence-corrected chi connectivity index (χ4v) is 0.0500. The largest absolute Gasteiger partial charge is 0.388 e. The van der Waals surface area contributed by atoms with Gasteiger partial charge in [-0.05, 0) is 0 Å². The molecule has 0 aliphatic rings. The van der Waals surface area contributed by atoms with Gasteiger partial charge in [0.2, 0.25) is 0 Å². The zero-order valence-corrected chi connectivity index (χ0v) is 3.22. The third kappa shape index (κ3) is 1.87. The van der Waals surface area contributed by atoms with Gasteiger partial charge in [-0.15, -0.1) is 0 Å². The zero-order valence-electron chi connectivity index (χ0n) is 3.22. The summed E-state index contributed by atoms with van der Waals surface area (Å²) >= 11 is 0. The lowest BCUT2D eigenvalue weighted by Gasteiger charge is -1.81. The molecule has 0 heterocycles. The van der Waals surface area contributed by atoms with Gasteiger partial charge in [0, 0.05) is 0 Å². The van der Waals surface area contributed by atoms with Crippen molar-refractivity contribution in [2.24, 2.45) is 0 Å². The van der Waals surface area contributed by atoms with Gasteiger partial charge in [0.05, 0.1) is 0 Å². The van der Waals surface area contributed by atoms with Crippen molar-refractivity contribution in [2.75, 3.05) is 13.2 Å². The van der Waals surface area contributed by atoms with Crippen molar-refractivity contribution in [2.45, 2.75) is 0 Å². The number of ketones is 1. The van der Waals surface area contributed by atoms with Crippen LogP contribution in [0.15, 0.2) is 0 Å². The van der Waals surface area contributed by atoms with Gasteiger partial charge < -0.3 is 10.2 Å². The van der Waals surface area contributed by atoms with Crippen LogP contribution in [0.3, 0.4) is 0 Å². The SMILES string of the molecule is OCC(=[18O])CO. The first-order valence-electron chi connectivity index (χ1n) is 1.54. The maximum Gasteiger partial charge on any atom is 0.183 e. The maximum absolute atomic E-state index is 9.68. The molecule has 0 aromatic heterocycles. The summed E-state index contributed by atoms with van der Waals surface area (Å²) in [7, 11) is 0. The highest BCUT2D eigenvalue weighted by Crippen LogP contribution is 1.59. The van der Waals surface area contributed by atoms with Crippen LogP contribution in [0, 0.1) is 0 Å². The number of rotatable bonds is 2. The van der Waals surface area contributed by atoms with Gasteiger partial charge >= 0.3 is 0 Å². The van der Waals surface area contributed by atoms with Crippen LogP contribution < -0.4 is 0 Å². The Morgan fingerprint density at radius 1 is 1.33 bits per heavy atom. The van der Waals surface area contributed by atoms with Crippen molar-refractivity contribution in [1.29, 1.82) is 0 Å². The smallest absolute Gasteiger partial charge is 0.183 e. The van der Waals surface area contributed by atoms with Gasteiger partial charge in [-0.1, -0.05) is 0 Å². The van der Waals surface area contributed by atoms with Gasteiger partial charge in [0.15, 0.2) is 5.78 Å². The number of hydrogen-bond donors (Lipinski definition) is 2. The average Bonchev–Trinajstić information content (AvgIpc) is 1.65. The fourth-order valence-electron chi connectivity index (χ4n) is 0.0500. The van der Waals surface area contributed by atoms with Crippen molar-refractivity contribution in [3.63, 3.8) is 0 Å². The lowest BCUT2D eigenvalue weighted by Crippen LogP contribution is -2.07. The number of hydrogen-bond acceptors (Lipinski definition) is 3. The Morgan fingerprint density at radius 2 is 1.67 bits per heavy atom. The topological polar surface area (TPSA) is 57.5 Å². The molecule has 0 aliphatic carbocycles. The third-order valence-corrected chi connectivity index (χ3v) is 0.353. The summed E-state index contributed by atoms with van der Waals surface area (Å²) in [5, 5.41) is 15.7. The second-order valence-electron chi connectivity index (χ2n) is 0.855. The molecule has 3 nitrogen and oxygen atoms in total. The van der Waals surface area contributed by atoms with Crippen LogP contribution in [0.25, 0.3) is 0 Å². The number of carbonyl (C=O) groups is 1. The van der Waals surface area contributed by atoms with E-state index in [1.165, 1.54) is 0 Å². The molecule has 0 spiro atoms. The molecule has 0 saturated carbocycles. The van der Waals surface area contributed by atoms with E-state index in [4.69, 9.17) is 10.2 Å². The Kier molecular flexibility index (Phi) is 2.62. The van der Waals surface area contributed by atoms with Crippen molar-refractivity contribution in [1.82, 2.24) is 0 Å². The standard InChI is InChI=1S/C3H6O3/c4-1-3(6)2-5/h4-5H,1-2H2/i6+2. The van der Waals surface area contributed by atoms with Gasteiger partial charge in [-0.2, -0.15) is 0 Å². The van der Waals surface area contributed by atoms with E-state index in [2.05, 4.69) is 0 Å². The lowest BCUT2D eigenvalue weighted by atomic mass is 10.5. The molecular weight excluding hydrogens is 86.0 g/mol. The third-order valence-electron chi connectivity index (χ3n) is 0.353. The highest BCUT2D eigenvalue weighted by molar-refractivity contribution is 5.80. The molecule has 0 aromatic rings. The summed E-state index contributed by atoms with van der Waals surface area (Å²) in [5.41, 5.74) is 0. The van der Waals surface area contributed by atoms with Gasteiger partial charge in [-0.3, -0.25) is 4.79 Å². The normalized spacial score (nSPS) is 8.33. The van der Waals surface area contributed by atoms with E-state index in [1.54, 1.807) is 0 Å². The van der Waals surface area contributed by atoms with E-state index >= 15 is 0 Å². The summed E-state index contributed by atoms with van der Waals surface area (Å²) in [6.07, 6.45) is 0.